The first-order valence-corrected chi connectivity index (χ1v) is 6.66. The molecule has 0 atom stereocenters. The molecule has 16 heavy (non-hydrogen) atoms. The summed E-state index contributed by atoms with van der Waals surface area (Å²) in [5, 5.41) is 0. The maximum Gasteiger partial charge on any atom is 0.338 e. The van der Waals surface area contributed by atoms with Crippen LogP contribution in [0.1, 0.15) is 10.4 Å². The van der Waals surface area contributed by atoms with Crippen LogP contribution >= 0.6 is 15.9 Å². The zero-order chi connectivity index (χ0) is 12.2. The first-order valence-electron chi connectivity index (χ1n) is 4.26. The summed E-state index contributed by atoms with van der Waals surface area (Å²) < 4.78 is 34.5. The van der Waals surface area contributed by atoms with Crippen LogP contribution in [0.2, 0.25) is 0 Å². The zero-order valence-electron chi connectivity index (χ0n) is 8.09. The van der Waals surface area contributed by atoms with Crippen LogP contribution in [0.25, 0.3) is 0 Å². The third kappa shape index (κ3) is 4.73. The van der Waals surface area contributed by atoms with E-state index in [4.69, 9.17) is 4.55 Å². The Balaban J connectivity index is 2.54. The van der Waals surface area contributed by atoms with E-state index < -0.39 is 21.8 Å². The molecule has 0 spiro atoms. The van der Waals surface area contributed by atoms with E-state index in [-0.39, 0.29) is 6.61 Å². The summed E-state index contributed by atoms with van der Waals surface area (Å²) in [5.41, 5.74) is 0.310. The molecule has 0 aliphatic rings. The van der Waals surface area contributed by atoms with Gasteiger partial charge >= 0.3 is 5.97 Å². The Bertz CT molecular complexity index is 482. The number of benzene rings is 1. The van der Waals surface area contributed by atoms with Gasteiger partial charge in [-0.1, -0.05) is 22.0 Å². The highest BCUT2D eigenvalue weighted by Crippen LogP contribution is 2.12. The van der Waals surface area contributed by atoms with E-state index in [9.17, 15) is 13.2 Å². The molecule has 0 bridgehead atoms. The maximum absolute atomic E-state index is 11.4. The van der Waals surface area contributed by atoms with Gasteiger partial charge in [0, 0.05) is 4.47 Å². The van der Waals surface area contributed by atoms with Crippen molar-refractivity contribution in [3.63, 3.8) is 0 Å². The van der Waals surface area contributed by atoms with Gasteiger partial charge in [0.25, 0.3) is 10.1 Å². The SMILES string of the molecule is O=C(OCCS(=O)(=O)O)c1cccc(Br)c1. The summed E-state index contributed by atoms with van der Waals surface area (Å²) >= 11 is 3.19. The molecular weight excluding hydrogens is 300 g/mol. The minimum Gasteiger partial charge on any atom is -0.461 e. The third-order valence-corrected chi connectivity index (χ3v) is 2.81. The quantitative estimate of drug-likeness (QED) is 0.673. The van der Waals surface area contributed by atoms with Crippen molar-refractivity contribution in [3.05, 3.63) is 34.3 Å². The average Bonchev–Trinajstić information content (AvgIpc) is 2.15. The highest BCUT2D eigenvalue weighted by atomic mass is 79.9. The minimum absolute atomic E-state index is 0.310. The van der Waals surface area contributed by atoms with Gasteiger partial charge in [-0.2, -0.15) is 8.42 Å². The first-order chi connectivity index (χ1) is 7.38. The largest absolute Gasteiger partial charge is 0.461 e. The van der Waals surface area contributed by atoms with Gasteiger partial charge in [-0.15, -0.1) is 0 Å². The number of carbonyl (C=O) groups is 1. The monoisotopic (exact) mass is 308 g/mol. The van der Waals surface area contributed by atoms with Crippen molar-refractivity contribution in [2.24, 2.45) is 0 Å². The van der Waals surface area contributed by atoms with Crippen LogP contribution in [0.5, 0.6) is 0 Å². The molecule has 0 aliphatic heterocycles. The Kier molecular flexibility index (Phi) is 4.45. The minimum atomic E-state index is -4.10. The molecule has 0 fully saturated rings. The predicted molar refractivity (Wildman–Crippen MR) is 60.8 cm³/mol. The fourth-order valence-corrected chi connectivity index (χ4v) is 1.63. The lowest BCUT2D eigenvalue weighted by Gasteiger charge is -2.03. The molecule has 0 unspecified atom stereocenters. The molecule has 0 saturated carbocycles. The molecule has 0 aliphatic carbocycles. The lowest BCUT2D eigenvalue weighted by Crippen LogP contribution is -2.14. The number of esters is 1. The van der Waals surface area contributed by atoms with Crippen LogP contribution in [-0.4, -0.2) is 31.3 Å². The summed E-state index contributed by atoms with van der Waals surface area (Å²) in [6, 6.07) is 6.49. The van der Waals surface area contributed by atoms with E-state index in [2.05, 4.69) is 20.7 Å². The second-order valence-corrected chi connectivity index (χ2v) is 5.42. The van der Waals surface area contributed by atoms with Crippen molar-refractivity contribution in [1.82, 2.24) is 0 Å². The van der Waals surface area contributed by atoms with Gasteiger partial charge in [0.05, 0.1) is 5.56 Å². The van der Waals surface area contributed by atoms with Crippen molar-refractivity contribution in [2.45, 2.75) is 0 Å². The fraction of sp³-hybridized carbons (Fsp3) is 0.222. The average molecular weight is 309 g/mol. The van der Waals surface area contributed by atoms with Crippen molar-refractivity contribution in [2.75, 3.05) is 12.4 Å². The predicted octanol–water partition coefficient (Wildman–Crippen LogP) is 1.49. The first kappa shape index (κ1) is 13.1. The molecule has 1 N–H and O–H groups in total. The van der Waals surface area contributed by atoms with E-state index in [1.165, 1.54) is 0 Å². The van der Waals surface area contributed by atoms with Gasteiger partial charge in [0.1, 0.15) is 12.4 Å². The summed E-state index contributed by atoms with van der Waals surface area (Å²) in [6.07, 6.45) is 0. The van der Waals surface area contributed by atoms with E-state index >= 15 is 0 Å². The van der Waals surface area contributed by atoms with E-state index in [1.54, 1.807) is 24.3 Å². The second kappa shape index (κ2) is 5.42. The van der Waals surface area contributed by atoms with Crippen LogP contribution in [0, 0.1) is 0 Å². The molecule has 0 aromatic heterocycles. The molecule has 5 nitrogen and oxygen atoms in total. The van der Waals surface area contributed by atoms with E-state index in [0.29, 0.717) is 5.56 Å². The van der Waals surface area contributed by atoms with Gasteiger partial charge in [0.2, 0.25) is 0 Å². The van der Waals surface area contributed by atoms with Crippen molar-refractivity contribution in [1.29, 1.82) is 0 Å². The highest BCUT2D eigenvalue weighted by Gasteiger charge is 2.10. The van der Waals surface area contributed by atoms with Crippen LogP contribution in [0.3, 0.4) is 0 Å². The van der Waals surface area contributed by atoms with E-state index in [1.807, 2.05) is 0 Å². The van der Waals surface area contributed by atoms with Gasteiger partial charge < -0.3 is 4.74 Å². The highest BCUT2D eigenvalue weighted by molar-refractivity contribution is 9.10. The normalized spacial score (nSPS) is 11.1. The smallest absolute Gasteiger partial charge is 0.338 e. The van der Waals surface area contributed by atoms with Crippen LogP contribution in [-0.2, 0) is 14.9 Å². The number of rotatable bonds is 4. The van der Waals surface area contributed by atoms with Gasteiger partial charge in [-0.05, 0) is 18.2 Å². The number of hydrogen-bond donors (Lipinski definition) is 1. The van der Waals surface area contributed by atoms with Crippen molar-refractivity contribution >= 4 is 32.0 Å². The molecule has 7 heteroatoms. The number of carbonyl (C=O) groups excluding carboxylic acids is 1. The van der Waals surface area contributed by atoms with Crippen molar-refractivity contribution in [3.8, 4) is 0 Å². The molecular formula is C9H9BrO5S. The second-order valence-electron chi connectivity index (χ2n) is 2.93. The molecule has 1 aromatic rings. The standard InChI is InChI=1S/C9H9BrO5S/c10-8-3-1-2-7(6-8)9(11)15-4-5-16(12,13)14/h1-3,6H,4-5H2,(H,12,13,14). The topological polar surface area (TPSA) is 80.7 Å². The summed E-state index contributed by atoms with van der Waals surface area (Å²) in [6.45, 7) is -0.371. The zero-order valence-corrected chi connectivity index (χ0v) is 10.5. The molecule has 0 heterocycles. The fourth-order valence-electron chi connectivity index (χ4n) is 0.938. The molecule has 0 radical (unpaired) electrons. The van der Waals surface area contributed by atoms with Crippen LogP contribution < -0.4 is 0 Å². The molecule has 1 aromatic carbocycles. The summed E-state index contributed by atoms with van der Waals surface area (Å²) in [4.78, 5) is 11.4. The molecule has 1 rings (SSSR count). The van der Waals surface area contributed by atoms with Gasteiger partial charge in [-0.25, -0.2) is 4.79 Å². The van der Waals surface area contributed by atoms with Gasteiger partial charge in [-0.3, -0.25) is 4.55 Å². The number of ether oxygens (including phenoxy) is 1. The van der Waals surface area contributed by atoms with Crippen LogP contribution in [0.15, 0.2) is 28.7 Å². The Morgan fingerprint density at radius 3 is 2.69 bits per heavy atom. The Labute approximate surface area is 101 Å². The molecule has 0 amide bonds. The molecule has 88 valence electrons. The Hall–Kier alpha value is -0.920. The number of hydrogen-bond acceptors (Lipinski definition) is 4. The Morgan fingerprint density at radius 1 is 1.44 bits per heavy atom. The molecule has 0 saturated heterocycles. The van der Waals surface area contributed by atoms with E-state index in [0.717, 1.165) is 4.47 Å². The maximum atomic E-state index is 11.4. The third-order valence-electron chi connectivity index (χ3n) is 1.63. The lowest BCUT2D eigenvalue weighted by molar-refractivity contribution is 0.0528. The summed E-state index contributed by atoms with van der Waals surface area (Å²) in [5.74, 6) is -1.24. The van der Waals surface area contributed by atoms with Crippen molar-refractivity contribution < 1.29 is 22.5 Å². The van der Waals surface area contributed by atoms with Crippen LogP contribution in [0.4, 0.5) is 0 Å². The van der Waals surface area contributed by atoms with Gasteiger partial charge in [0.15, 0.2) is 0 Å². The number of halogens is 1. The Morgan fingerprint density at radius 2 is 2.12 bits per heavy atom. The summed E-state index contributed by atoms with van der Waals surface area (Å²) in [7, 11) is -4.10. The lowest BCUT2D eigenvalue weighted by atomic mass is 10.2.